The molecule has 364 valence electrons. The highest BCUT2D eigenvalue weighted by Crippen LogP contribution is 2.40. The molecule has 0 aromatic heterocycles. The summed E-state index contributed by atoms with van der Waals surface area (Å²) in [7, 11) is 0. The van der Waals surface area contributed by atoms with Crippen LogP contribution in [0.4, 0.5) is 24.5 Å². The molecule has 68 heavy (non-hydrogen) atoms. The number of hydrogen-bond acceptors (Lipinski definition) is 11. The van der Waals surface area contributed by atoms with Gasteiger partial charge < -0.3 is 39.8 Å². The fourth-order valence-corrected chi connectivity index (χ4v) is 8.35. The number of thiocarbonyl (C=S) groups is 1. The first-order valence-corrected chi connectivity index (χ1v) is 22.8. The van der Waals surface area contributed by atoms with Gasteiger partial charge in [-0.3, -0.25) is 24.1 Å². The standard InChI is InChI=1S/C49H58F3N7O8S/c1-47(2,3)42(44(63)57-30-37(60)26-40(57)43(62)55-29-33-13-11-32(27-53)12-14-33)56-41(61)31-66-23-10-9-22-65-21-7-6-8-24-67-38-19-17-35(18-20-38)59-46(68)58(45(64)48(59,4)5)36-16-15-34(28-54)39(25-36)49(50,51)52/h11-20,25,37,40,42,60H,6-10,21-24,26,29-31H2,1-5H3,(H,55,62)(H,56,61)/t37-,40+,42-/m1/s1. The van der Waals surface area contributed by atoms with Crippen LogP contribution in [0.25, 0.3) is 0 Å². The lowest BCUT2D eigenvalue weighted by molar-refractivity contribution is -0.144. The Labute approximate surface area is 400 Å². The maximum atomic E-state index is 13.8. The Bertz CT molecular complexity index is 2360. The van der Waals surface area contributed by atoms with Crippen molar-refractivity contribution >= 4 is 52.3 Å². The zero-order valence-corrected chi connectivity index (χ0v) is 39.7. The van der Waals surface area contributed by atoms with E-state index in [9.17, 15) is 42.7 Å². The third kappa shape index (κ3) is 13.5. The van der Waals surface area contributed by atoms with Crippen LogP contribution in [0.1, 0.15) is 95.4 Å². The van der Waals surface area contributed by atoms with Crippen LogP contribution in [0, 0.1) is 28.1 Å². The number of ether oxygens (including phenoxy) is 3. The van der Waals surface area contributed by atoms with E-state index in [0.29, 0.717) is 49.8 Å². The minimum absolute atomic E-state index is 0.00261. The highest BCUT2D eigenvalue weighted by Gasteiger charge is 2.51. The number of nitrogens with one attached hydrogen (secondary N) is 2. The lowest BCUT2D eigenvalue weighted by Crippen LogP contribution is -2.58. The van der Waals surface area contributed by atoms with Gasteiger partial charge in [-0.2, -0.15) is 23.7 Å². The Morgan fingerprint density at radius 3 is 2.12 bits per heavy atom. The molecular weight excluding hydrogens is 904 g/mol. The Balaban J connectivity index is 0.946. The van der Waals surface area contributed by atoms with Gasteiger partial charge in [0.15, 0.2) is 5.11 Å². The SMILES string of the molecule is CC(C)(C)[C@H](NC(=O)COCCCCOCCCCCOc1ccc(N2C(=S)N(c3ccc(C#N)c(C(F)(F)F)c3)C(=O)C2(C)C)cc1)C(=O)N1C[C@H](O)C[C@H]1C(=O)NCc1ccc(C#N)cc1. The molecule has 19 heteroatoms. The van der Waals surface area contributed by atoms with E-state index in [1.54, 1.807) is 94.1 Å². The number of aliphatic hydroxyl groups excluding tert-OH is 1. The minimum atomic E-state index is -4.80. The van der Waals surface area contributed by atoms with Gasteiger partial charge in [-0.05, 0) is 124 Å². The van der Waals surface area contributed by atoms with Crippen molar-refractivity contribution in [3.05, 3.63) is 89.0 Å². The Hall–Kier alpha value is -6.12. The number of aliphatic hydroxyl groups is 1. The number of likely N-dealkylation sites (tertiary alicyclic amines) is 1. The monoisotopic (exact) mass is 961 g/mol. The number of hydrogen-bond donors (Lipinski definition) is 3. The van der Waals surface area contributed by atoms with Crippen molar-refractivity contribution in [1.82, 2.24) is 15.5 Å². The number of anilines is 2. The number of amides is 4. The van der Waals surface area contributed by atoms with Crippen LogP contribution in [-0.2, 0) is 41.4 Å². The van der Waals surface area contributed by atoms with Crippen LogP contribution >= 0.6 is 12.2 Å². The van der Waals surface area contributed by atoms with E-state index in [-0.39, 0.29) is 36.9 Å². The molecule has 0 unspecified atom stereocenters. The van der Waals surface area contributed by atoms with Gasteiger partial charge in [0.2, 0.25) is 17.7 Å². The molecule has 3 atom stereocenters. The lowest BCUT2D eigenvalue weighted by atomic mass is 9.85. The summed E-state index contributed by atoms with van der Waals surface area (Å²) in [6.45, 7) is 10.4. The highest BCUT2D eigenvalue weighted by atomic mass is 32.1. The van der Waals surface area contributed by atoms with Gasteiger partial charge >= 0.3 is 6.18 Å². The quantitative estimate of drug-likeness (QED) is 0.0772. The normalized spacial score (nSPS) is 17.4. The van der Waals surface area contributed by atoms with Crippen molar-refractivity contribution in [2.45, 2.75) is 110 Å². The molecule has 2 aliphatic rings. The van der Waals surface area contributed by atoms with Crippen molar-refractivity contribution in [3.63, 3.8) is 0 Å². The van der Waals surface area contributed by atoms with Crippen molar-refractivity contribution in [1.29, 1.82) is 10.5 Å². The van der Waals surface area contributed by atoms with E-state index in [4.69, 9.17) is 31.7 Å². The summed E-state index contributed by atoms with van der Waals surface area (Å²) in [5, 5.41) is 34.2. The molecule has 0 saturated carbocycles. The number of alkyl halides is 3. The van der Waals surface area contributed by atoms with Crippen LogP contribution < -0.4 is 25.2 Å². The van der Waals surface area contributed by atoms with E-state index in [2.05, 4.69) is 10.6 Å². The first-order chi connectivity index (χ1) is 32.2. The van der Waals surface area contributed by atoms with Crippen LogP contribution in [-0.4, -0.2) is 102 Å². The fraction of sp³-hybridized carbons (Fsp3) is 0.490. The minimum Gasteiger partial charge on any atom is -0.494 e. The average molecular weight is 962 g/mol. The summed E-state index contributed by atoms with van der Waals surface area (Å²) in [5.41, 5.74) is -1.89. The van der Waals surface area contributed by atoms with Crippen molar-refractivity contribution in [2.24, 2.45) is 5.41 Å². The third-order valence-electron chi connectivity index (χ3n) is 11.5. The number of halogens is 3. The molecule has 0 bridgehead atoms. The van der Waals surface area contributed by atoms with Crippen molar-refractivity contribution in [2.75, 3.05) is 49.4 Å². The van der Waals surface area contributed by atoms with Gasteiger partial charge in [0.05, 0.1) is 47.2 Å². The van der Waals surface area contributed by atoms with Gasteiger partial charge in [-0.1, -0.05) is 32.9 Å². The summed E-state index contributed by atoms with van der Waals surface area (Å²) in [4.78, 5) is 57.4. The number of nitrogens with zero attached hydrogens (tertiary/aromatic N) is 5. The number of rotatable bonds is 21. The van der Waals surface area contributed by atoms with Gasteiger partial charge in [0, 0.05) is 45.0 Å². The van der Waals surface area contributed by atoms with Crippen LogP contribution in [0.2, 0.25) is 0 Å². The molecule has 3 aromatic carbocycles. The second-order valence-electron chi connectivity index (χ2n) is 18.2. The van der Waals surface area contributed by atoms with Crippen LogP contribution in [0.3, 0.4) is 0 Å². The smallest absolute Gasteiger partial charge is 0.417 e. The molecular formula is C49H58F3N7O8S. The maximum Gasteiger partial charge on any atom is 0.417 e. The molecule has 0 spiro atoms. The van der Waals surface area contributed by atoms with Gasteiger partial charge in [-0.25, -0.2) is 0 Å². The Kier molecular flexibility index (Phi) is 18.1. The number of carbonyl (C=O) groups excluding carboxylic acids is 4. The number of nitriles is 2. The molecule has 0 radical (unpaired) electrons. The highest BCUT2D eigenvalue weighted by molar-refractivity contribution is 7.81. The summed E-state index contributed by atoms with van der Waals surface area (Å²) < 4.78 is 58.3. The molecule has 3 aromatic rings. The van der Waals surface area contributed by atoms with E-state index in [1.165, 1.54) is 11.0 Å². The van der Waals surface area contributed by atoms with Crippen molar-refractivity contribution < 1.29 is 51.7 Å². The topological polar surface area (TPSA) is 198 Å². The number of β-amino-alcohol motifs (C(OH)–C–C–N with tert-alkyl or cyclic N) is 1. The van der Waals surface area contributed by atoms with Gasteiger partial charge in [0.1, 0.15) is 30.0 Å². The molecule has 3 N–H and O–H groups in total. The molecule has 2 fully saturated rings. The van der Waals surface area contributed by atoms with E-state index in [1.807, 2.05) is 6.07 Å². The molecule has 0 aliphatic carbocycles. The number of carbonyl (C=O) groups is 4. The Morgan fingerprint density at radius 1 is 0.882 bits per heavy atom. The zero-order chi connectivity index (χ0) is 49.8. The number of benzene rings is 3. The summed E-state index contributed by atoms with van der Waals surface area (Å²) >= 11 is 5.62. The summed E-state index contributed by atoms with van der Waals surface area (Å²) in [6, 6.07) is 18.4. The number of unbranched alkanes of at least 4 members (excludes halogenated alkanes) is 3. The molecule has 4 amide bonds. The second-order valence-corrected chi connectivity index (χ2v) is 18.6. The molecule has 2 saturated heterocycles. The second kappa shape index (κ2) is 23.3. The Morgan fingerprint density at radius 2 is 1.50 bits per heavy atom. The molecule has 15 nitrogen and oxygen atoms in total. The molecule has 2 aliphatic heterocycles. The molecule has 5 rings (SSSR count). The predicted octanol–water partition coefficient (Wildman–Crippen LogP) is 6.54. The summed E-state index contributed by atoms with van der Waals surface area (Å²) in [6.07, 6.45) is -1.80. The van der Waals surface area contributed by atoms with E-state index < -0.39 is 70.1 Å². The lowest BCUT2D eigenvalue weighted by Gasteiger charge is -2.35. The van der Waals surface area contributed by atoms with Crippen LogP contribution in [0.5, 0.6) is 5.75 Å². The average Bonchev–Trinajstić information content (AvgIpc) is 3.77. The zero-order valence-electron chi connectivity index (χ0n) is 38.9. The third-order valence-corrected chi connectivity index (χ3v) is 11.9. The van der Waals surface area contributed by atoms with Gasteiger partial charge in [0.25, 0.3) is 5.91 Å². The first kappa shape index (κ1) is 52.8. The van der Waals surface area contributed by atoms with Crippen molar-refractivity contribution in [3.8, 4) is 17.9 Å². The summed E-state index contributed by atoms with van der Waals surface area (Å²) in [5.74, 6) is -1.29. The first-order valence-electron chi connectivity index (χ1n) is 22.4. The largest absolute Gasteiger partial charge is 0.494 e. The van der Waals surface area contributed by atoms with E-state index >= 15 is 0 Å². The van der Waals surface area contributed by atoms with Crippen LogP contribution in [0.15, 0.2) is 66.7 Å². The fourth-order valence-electron chi connectivity index (χ4n) is 7.83. The molecule has 2 heterocycles. The van der Waals surface area contributed by atoms with Gasteiger partial charge in [-0.15, -0.1) is 0 Å². The van der Waals surface area contributed by atoms with E-state index in [0.717, 1.165) is 48.3 Å². The maximum absolute atomic E-state index is 13.8. The predicted molar refractivity (Wildman–Crippen MR) is 250 cm³/mol.